The fourth-order valence-electron chi connectivity index (χ4n) is 2.41. The number of hydrogen-bond acceptors (Lipinski definition) is 3. The summed E-state index contributed by atoms with van der Waals surface area (Å²) in [6.07, 6.45) is 2.30. The van der Waals surface area contributed by atoms with Crippen LogP contribution >= 0.6 is 0 Å². The Morgan fingerprint density at radius 3 is 2.89 bits per heavy atom. The van der Waals surface area contributed by atoms with Gasteiger partial charge < -0.3 is 15.5 Å². The molecular weight excluding hydrogens is 238 g/mol. The lowest BCUT2D eigenvalue weighted by molar-refractivity contribution is 0.0942. The minimum atomic E-state index is -0.00127. The van der Waals surface area contributed by atoms with E-state index in [1.54, 1.807) is 0 Å². The van der Waals surface area contributed by atoms with Gasteiger partial charge in [-0.1, -0.05) is 6.07 Å². The Bertz CT molecular complexity index is 450. The molecule has 19 heavy (non-hydrogen) atoms. The largest absolute Gasteiger partial charge is 0.378 e. The minimum absolute atomic E-state index is 0.00127. The molecule has 2 rings (SSSR count). The number of nitrogens with zero attached hydrogens (tertiary/aromatic N) is 1. The Kier molecular flexibility index (Phi) is 4.10. The SMILES string of the molecule is CN(C)c1cccc(C(=O)NCC2(C)CCCN2)c1. The number of amides is 1. The summed E-state index contributed by atoms with van der Waals surface area (Å²) in [4.78, 5) is 14.2. The molecule has 1 unspecified atom stereocenters. The summed E-state index contributed by atoms with van der Waals surface area (Å²) in [6.45, 7) is 3.89. The van der Waals surface area contributed by atoms with Crippen molar-refractivity contribution in [3.63, 3.8) is 0 Å². The van der Waals surface area contributed by atoms with E-state index >= 15 is 0 Å². The zero-order chi connectivity index (χ0) is 13.9. The van der Waals surface area contributed by atoms with E-state index in [9.17, 15) is 4.79 Å². The summed E-state index contributed by atoms with van der Waals surface area (Å²) in [5.41, 5.74) is 1.81. The second kappa shape index (κ2) is 5.61. The maximum Gasteiger partial charge on any atom is 0.251 e. The average molecular weight is 261 g/mol. The van der Waals surface area contributed by atoms with Gasteiger partial charge in [-0.3, -0.25) is 4.79 Å². The van der Waals surface area contributed by atoms with Crippen molar-refractivity contribution < 1.29 is 4.79 Å². The topological polar surface area (TPSA) is 44.4 Å². The van der Waals surface area contributed by atoms with Gasteiger partial charge >= 0.3 is 0 Å². The Hall–Kier alpha value is -1.55. The summed E-state index contributed by atoms with van der Waals surface area (Å²) in [5.74, 6) is -0.00127. The molecule has 2 N–H and O–H groups in total. The smallest absolute Gasteiger partial charge is 0.251 e. The molecule has 104 valence electrons. The first-order chi connectivity index (χ1) is 9.00. The molecule has 0 radical (unpaired) electrons. The summed E-state index contributed by atoms with van der Waals surface area (Å²) in [5, 5.41) is 6.47. The zero-order valence-electron chi connectivity index (χ0n) is 12.0. The maximum absolute atomic E-state index is 12.2. The molecule has 0 spiro atoms. The van der Waals surface area contributed by atoms with Gasteiger partial charge in [0.15, 0.2) is 0 Å². The van der Waals surface area contributed by atoms with Gasteiger partial charge in [0.05, 0.1) is 0 Å². The summed E-state index contributed by atoms with van der Waals surface area (Å²) in [6, 6.07) is 7.68. The summed E-state index contributed by atoms with van der Waals surface area (Å²) >= 11 is 0. The number of rotatable bonds is 4. The minimum Gasteiger partial charge on any atom is -0.378 e. The van der Waals surface area contributed by atoms with Crippen molar-refractivity contribution in [2.45, 2.75) is 25.3 Å². The number of carbonyl (C=O) groups excluding carboxylic acids is 1. The van der Waals surface area contributed by atoms with E-state index in [1.807, 2.05) is 43.3 Å². The number of carbonyl (C=O) groups is 1. The van der Waals surface area contributed by atoms with E-state index in [0.717, 1.165) is 18.7 Å². The molecule has 0 saturated carbocycles. The standard InChI is InChI=1S/C15H23N3O/c1-15(8-5-9-17-15)11-16-14(19)12-6-4-7-13(10-12)18(2)3/h4,6-7,10,17H,5,8-9,11H2,1-3H3,(H,16,19). The van der Waals surface area contributed by atoms with Gasteiger partial charge in [0.2, 0.25) is 0 Å². The Morgan fingerprint density at radius 1 is 1.47 bits per heavy atom. The molecule has 1 fully saturated rings. The third kappa shape index (κ3) is 3.47. The Balaban J connectivity index is 1.98. The lowest BCUT2D eigenvalue weighted by atomic mass is 10.0. The number of anilines is 1. The molecule has 1 amide bonds. The van der Waals surface area contributed by atoms with Crippen molar-refractivity contribution in [2.24, 2.45) is 0 Å². The summed E-state index contributed by atoms with van der Waals surface area (Å²) in [7, 11) is 3.95. The van der Waals surface area contributed by atoms with E-state index < -0.39 is 0 Å². The number of benzene rings is 1. The van der Waals surface area contributed by atoms with Crippen molar-refractivity contribution in [1.82, 2.24) is 10.6 Å². The van der Waals surface area contributed by atoms with Gasteiger partial charge in [0, 0.05) is 37.4 Å². The third-order valence-electron chi connectivity index (χ3n) is 3.72. The van der Waals surface area contributed by atoms with E-state index in [1.165, 1.54) is 6.42 Å². The molecular formula is C15H23N3O. The first-order valence-electron chi connectivity index (χ1n) is 6.81. The lowest BCUT2D eigenvalue weighted by Crippen LogP contribution is -2.47. The molecule has 1 aromatic rings. The van der Waals surface area contributed by atoms with Gasteiger partial charge in [-0.05, 0) is 44.5 Å². The maximum atomic E-state index is 12.2. The first kappa shape index (κ1) is 13.9. The van der Waals surface area contributed by atoms with Crippen molar-refractivity contribution in [3.8, 4) is 0 Å². The Morgan fingerprint density at radius 2 is 2.26 bits per heavy atom. The second-order valence-electron chi connectivity index (χ2n) is 5.72. The fourth-order valence-corrected chi connectivity index (χ4v) is 2.41. The van der Waals surface area contributed by atoms with Gasteiger partial charge in [-0.15, -0.1) is 0 Å². The zero-order valence-corrected chi connectivity index (χ0v) is 12.0. The van der Waals surface area contributed by atoms with Crippen LogP contribution in [0.25, 0.3) is 0 Å². The van der Waals surface area contributed by atoms with Crippen molar-refractivity contribution in [3.05, 3.63) is 29.8 Å². The van der Waals surface area contributed by atoms with Crippen LogP contribution in [-0.4, -0.2) is 38.6 Å². The highest BCUT2D eigenvalue weighted by Crippen LogP contribution is 2.18. The van der Waals surface area contributed by atoms with Crippen LogP contribution < -0.4 is 15.5 Å². The van der Waals surface area contributed by atoms with Crippen LogP contribution in [0.4, 0.5) is 5.69 Å². The molecule has 0 bridgehead atoms. The molecule has 4 nitrogen and oxygen atoms in total. The number of hydrogen-bond donors (Lipinski definition) is 2. The predicted octanol–water partition coefficient (Wildman–Crippen LogP) is 1.62. The van der Waals surface area contributed by atoms with Gasteiger partial charge in [-0.2, -0.15) is 0 Å². The van der Waals surface area contributed by atoms with E-state index in [2.05, 4.69) is 17.6 Å². The van der Waals surface area contributed by atoms with Crippen molar-refractivity contribution >= 4 is 11.6 Å². The van der Waals surface area contributed by atoms with Crippen LogP contribution in [-0.2, 0) is 0 Å². The van der Waals surface area contributed by atoms with Crippen LogP contribution in [0.15, 0.2) is 24.3 Å². The van der Waals surface area contributed by atoms with E-state index in [-0.39, 0.29) is 11.4 Å². The van der Waals surface area contributed by atoms with E-state index in [0.29, 0.717) is 12.1 Å². The molecule has 1 aliphatic rings. The molecule has 0 aromatic heterocycles. The normalized spacial score (nSPS) is 22.3. The molecule has 1 saturated heterocycles. The fraction of sp³-hybridized carbons (Fsp3) is 0.533. The third-order valence-corrected chi connectivity index (χ3v) is 3.72. The quantitative estimate of drug-likeness (QED) is 0.866. The van der Waals surface area contributed by atoms with Crippen LogP contribution in [0.3, 0.4) is 0 Å². The van der Waals surface area contributed by atoms with Gasteiger partial charge in [-0.25, -0.2) is 0 Å². The lowest BCUT2D eigenvalue weighted by Gasteiger charge is -2.24. The molecule has 1 aliphatic heterocycles. The monoisotopic (exact) mass is 261 g/mol. The van der Waals surface area contributed by atoms with Crippen molar-refractivity contribution in [1.29, 1.82) is 0 Å². The van der Waals surface area contributed by atoms with Gasteiger partial charge in [0.1, 0.15) is 0 Å². The predicted molar refractivity (Wildman–Crippen MR) is 78.7 cm³/mol. The van der Waals surface area contributed by atoms with Crippen LogP contribution in [0, 0.1) is 0 Å². The average Bonchev–Trinajstić information content (AvgIpc) is 2.83. The van der Waals surface area contributed by atoms with Crippen LogP contribution in [0.1, 0.15) is 30.1 Å². The molecule has 4 heteroatoms. The second-order valence-corrected chi connectivity index (χ2v) is 5.72. The van der Waals surface area contributed by atoms with Crippen LogP contribution in [0.5, 0.6) is 0 Å². The molecule has 1 aromatic carbocycles. The summed E-state index contributed by atoms with van der Waals surface area (Å²) < 4.78 is 0. The van der Waals surface area contributed by atoms with Crippen LogP contribution in [0.2, 0.25) is 0 Å². The van der Waals surface area contributed by atoms with Gasteiger partial charge in [0.25, 0.3) is 5.91 Å². The molecule has 1 atom stereocenters. The van der Waals surface area contributed by atoms with E-state index in [4.69, 9.17) is 0 Å². The first-order valence-corrected chi connectivity index (χ1v) is 6.81. The highest BCUT2D eigenvalue weighted by molar-refractivity contribution is 5.95. The molecule has 0 aliphatic carbocycles. The van der Waals surface area contributed by atoms with Crippen molar-refractivity contribution in [2.75, 3.05) is 32.1 Å². The highest BCUT2D eigenvalue weighted by Gasteiger charge is 2.28. The number of nitrogens with one attached hydrogen (secondary N) is 2. The molecule has 1 heterocycles. The highest BCUT2D eigenvalue weighted by atomic mass is 16.1. The Labute approximate surface area is 115 Å².